The Hall–Kier alpha value is -4.70. The highest BCUT2D eigenvalue weighted by atomic mass is 16.5. The molecule has 0 saturated carbocycles. The zero-order valence-electron chi connectivity index (χ0n) is 24.1. The molecule has 4 nitrogen and oxygen atoms in total. The summed E-state index contributed by atoms with van der Waals surface area (Å²) >= 11 is 0. The van der Waals surface area contributed by atoms with Crippen molar-refractivity contribution >= 4 is 11.4 Å². The van der Waals surface area contributed by atoms with Crippen LogP contribution in [0.4, 0.5) is 5.69 Å². The molecule has 2 aliphatic carbocycles. The van der Waals surface area contributed by atoms with E-state index in [-0.39, 0.29) is 0 Å². The summed E-state index contributed by atoms with van der Waals surface area (Å²) in [6.45, 7) is 2.26. The van der Waals surface area contributed by atoms with Crippen molar-refractivity contribution in [2.24, 2.45) is 0 Å². The lowest BCUT2D eigenvalue weighted by Gasteiger charge is -2.37. The molecule has 43 heavy (non-hydrogen) atoms. The molecule has 1 saturated heterocycles. The fourth-order valence-electron chi connectivity index (χ4n) is 8.25. The van der Waals surface area contributed by atoms with Gasteiger partial charge in [0.05, 0.1) is 11.7 Å². The molecule has 0 N–H and O–H groups in total. The number of benzene rings is 4. The number of allylic oxidation sites excluding steroid dienone is 2. The van der Waals surface area contributed by atoms with Gasteiger partial charge in [-0.1, -0.05) is 66.7 Å². The molecule has 3 aliphatic heterocycles. The summed E-state index contributed by atoms with van der Waals surface area (Å²) in [6, 6.07) is 29.4. The summed E-state index contributed by atoms with van der Waals surface area (Å²) in [5, 5.41) is 0. The predicted octanol–water partition coefficient (Wildman–Crippen LogP) is 8.62. The quantitative estimate of drug-likeness (QED) is 0.220. The number of rotatable bonds is 3. The zero-order chi connectivity index (χ0) is 28.4. The van der Waals surface area contributed by atoms with Gasteiger partial charge in [0.2, 0.25) is 0 Å². The van der Waals surface area contributed by atoms with Crippen LogP contribution in [0.25, 0.3) is 16.9 Å². The first-order valence-electron chi connectivity index (χ1n) is 15.6. The summed E-state index contributed by atoms with van der Waals surface area (Å²) in [4.78, 5) is 2.54. The van der Waals surface area contributed by atoms with E-state index in [2.05, 4.69) is 89.8 Å². The van der Waals surface area contributed by atoms with Crippen molar-refractivity contribution in [1.29, 1.82) is 0 Å². The lowest BCUT2D eigenvalue weighted by Crippen LogP contribution is -2.31. The zero-order valence-corrected chi connectivity index (χ0v) is 24.1. The van der Waals surface area contributed by atoms with Gasteiger partial charge in [-0.25, -0.2) is 0 Å². The van der Waals surface area contributed by atoms with Gasteiger partial charge in [0, 0.05) is 41.9 Å². The highest BCUT2D eigenvalue weighted by Gasteiger charge is 2.51. The van der Waals surface area contributed by atoms with Crippen molar-refractivity contribution < 1.29 is 14.2 Å². The van der Waals surface area contributed by atoms with E-state index < -0.39 is 5.41 Å². The Labute approximate surface area is 252 Å². The first-order chi connectivity index (χ1) is 21.4. The minimum Gasteiger partial charge on any atom is -0.465 e. The average molecular weight is 564 g/mol. The largest absolute Gasteiger partial charge is 0.465 e. The maximum atomic E-state index is 6.63. The Balaban J connectivity index is 1.37. The third-order valence-electron chi connectivity index (χ3n) is 10.00. The first kappa shape index (κ1) is 24.9. The maximum Gasteiger partial charge on any atom is 0.172 e. The molecule has 0 spiro atoms. The van der Waals surface area contributed by atoms with E-state index in [0.29, 0.717) is 0 Å². The summed E-state index contributed by atoms with van der Waals surface area (Å²) in [6.07, 6.45) is 13.6. The molecule has 5 aliphatic rings. The van der Waals surface area contributed by atoms with E-state index in [0.717, 1.165) is 55.2 Å². The molecular formula is C39H33NO3. The standard InChI is InChI=1S/C39H33NO3/c1-3-10-26(11-4-1)39(27-15-17-28(18-16-27)40-21-7-2-8-22-40)32-14-6-5-12-29(32)34-30-19-20-33-38(43-25-24-41-33)35(30)31-13-9-23-42-37(31)36(34)39/h1,3-6,9-12,14-18,23-25H,2,7-8,13,19-22H2. The van der Waals surface area contributed by atoms with E-state index in [1.807, 2.05) is 6.26 Å². The number of hydrogen-bond donors (Lipinski definition) is 0. The van der Waals surface area contributed by atoms with Crippen LogP contribution in [-0.2, 0) is 27.7 Å². The summed E-state index contributed by atoms with van der Waals surface area (Å²) in [7, 11) is 0. The minimum absolute atomic E-state index is 0.531. The van der Waals surface area contributed by atoms with Gasteiger partial charge in [0.25, 0.3) is 0 Å². The second-order valence-electron chi connectivity index (χ2n) is 12.1. The third-order valence-corrected chi connectivity index (χ3v) is 10.00. The van der Waals surface area contributed by atoms with Gasteiger partial charge in [-0.2, -0.15) is 0 Å². The molecular weight excluding hydrogens is 530 g/mol. The summed E-state index contributed by atoms with van der Waals surface area (Å²) < 4.78 is 18.8. The third kappa shape index (κ3) is 3.50. The molecule has 4 aromatic carbocycles. The highest BCUT2D eigenvalue weighted by molar-refractivity contribution is 5.95. The topological polar surface area (TPSA) is 30.9 Å². The van der Waals surface area contributed by atoms with E-state index in [4.69, 9.17) is 14.2 Å². The molecule has 1 fully saturated rings. The van der Waals surface area contributed by atoms with Crippen molar-refractivity contribution in [2.75, 3.05) is 18.0 Å². The van der Waals surface area contributed by atoms with Crippen molar-refractivity contribution in [3.63, 3.8) is 0 Å². The predicted molar refractivity (Wildman–Crippen MR) is 170 cm³/mol. The Morgan fingerprint density at radius 3 is 2.26 bits per heavy atom. The Morgan fingerprint density at radius 1 is 0.628 bits per heavy atom. The van der Waals surface area contributed by atoms with E-state index in [1.165, 1.54) is 69.5 Å². The molecule has 1 atom stereocenters. The lowest BCUT2D eigenvalue weighted by atomic mass is 9.66. The SMILES string of the molecule is C1=COc2c(c3c(c4c2C(c2ccccc2)(c2ccc(N5CCCCC5)cc2)c2ccccc2-4)CCC2=C3OC=CO2)C1. The fraction of sp³-hybridized carbons (Fsp3) is 0.231. The molecule has 0 bridgehead atoms. The fourth-order valence-corrected chi connectivity index (χ4v) is 8.25. The smallest absolute Gasteiger partial charge is 0.172 e. The highest BCUT2D eigenvalue weighted by Crippen LogP contribution is 2.63. The van der Waals surface area contributed by atoms with Crippen LogP contribution < -0.4 is 9.64 Å². The molecule has 9 rings (SSSR count). The van der Waals surface area contributed by atoms with E-state index >= 15 is 0 Å². The molecule has 0 radical (unpaired) electrons. The average Bonchev–Trinajstić information content (AvgIpc) is 3.41. The van der Waals surface area contributed by atoms with Crippen LogP contribution in [0.15, 0.2) is 109 Å². The van der Waals surface area contributed by atoms with Gasteiger partial charge >= 0.3 is 0 Å². The van der Waals surface area contributed by atoms with Crippen molar-refractivity contribution in [3.05, 3.63) is 148 Å². The van der Waals surface area contributed by atoms with Gasteiger partial charge in [-0.3, -0.25) is 0 Å². The number of fused-ring (bicyclic) bond motifs is 9. The number of hydrogen-bond acceptors (Lipinski definition) is 4. The lowest BCUT2D eigenvalue weighted by molar-refractivity contribution is 0.261. The second kappa shape index (κ2) is 9.67. The molecule has 0 amide bonds. The van der Waals surface area contributed by atoms with Crippen LogP contribution in [0.2, 0.25) is 0 Å². The Bertz CT molecular complexity index is 1840. The van der Waals surface area contributed by atoms with Crippen LogP contribution in [0.5, 0.6) is 5.75 Å². The molecule has 212 valence electrons. The number of piperidine rings is 1. The molecule has 0 aromatic heterocycles. The molecule has 4 heteroatoms. The van der Waals surface area contributed by atoms with Gasteiger partial charge in [-0.15, -0.1) is 0 Å². The van der Waals surface area contributed by atoms with E-state index in [9.17, 15) is 0 Å². The monoisotopic (exact) mass is 563 g/mol. The first-order valence-corrected chi connectivity index (χ1v) is 15.6. The molecule has 3 heterocycles. The van der Waals surface area contributed by atoms with Crippen molar-refractivity contribution in [1.82, 2.24) is 0 Å². The second-order valence-corrected chi connectivity index (χ2v) is 12.1. The Morgan fingerprint density at radius 2 is 1.40 bits per heavy atom. The van der Waals surface area contributed by atoms with Gasteiger partial charge in [-0.05, 0) is 83.7 Å². The number of anilines is 1. The van der Waals surface area contributed by atoms with Crippen molar-refractivity contribution in [3.8, 4) is 16.9 Å². The van der Waals surface area contributed by atoms with Crippen LogP contribution >= 0.6 is 0 Å². The number of ether oxygens (including phenoxy) is 3. The van der Waals surface area contributed by atoms with Gasteiger partial charge in [0.1, 0.15) is 24.0 Å². The van der Waals surface area contributed by atoms with Crippen LogP contribution in [0, 0.1) is 0 Å². The van der Waals surface area contributed by atoms with Crippen LogP contribution in [0.1, 0.15) is 64.6 Å². The molecule has 1 unspecified atom stereocenters. The minimum atomic E-state index is -0.531. The van der Waals surface area contributed by atoms with Gasteiger partial charge < -0.3 is 19.1 Å². The number of nitrogens with zero attached hydrogens (tertiary/aromatic N) is 1. The normalized spacial score (nSPS) is 21.1. The van der Waals surface area contributed by atoms with Crippen LogP contribution in [0.3, 0.4) is 0 Å². The molecule has 4 aromatic rings. The maximum absolute atomic E-state index is 6.63. The summed E-state index contributed by atoms with van der Waals surface area (Å²) in [5.41, 5.74) is 12.1. The summed E-state index contributed by atoms with van der Waals surface area (Å²) in [5.74, 6) is 2.69. The van der Waals surface area contributed by atoms with Crippen molar-refractivity contribution in [2.45, 2.75) is 43.9 Å². The Kier molecular flexibility index (Phi) is 5.59. The van der Waals surface area contributed by atoms with E-state index in [1.54, 1.807) is 12.5 Å². The van der Waals surface area contributed by atoms with Gasteiger partial charge in [0.15, 0.2) is 5.76 Å². The van der Waals surface area contributed by atoms with Crippen LogP contribution in [-0.4, -0.2) is 13.1 Å².